The predicted molar refractivity (Wildman–Crippen MR) is 67.8 cm³/mol. The van der Waals surface area contributed by atoms with E-state index in [4.69, 9.17) is 5.26 Å². The first-order chi connectivity index (χ1) is 8.08. The summed E-state index contributed by atoms with van der Waals surface area (Å²) in [6.07, 6.45) is 0. The Labute approximate surface area is 102 Å². The molecule has 1 amide bonds. The lowest BCUT2D eigenvalue weighted by atomic mass is 10.1. The zero-order valence-corrected chi connectivity index (χ0v) is 10.4. The standard InChI is InChI=1S/C13H17N3O/c1-4-15-13(17)9-16(3)12-6-5-11(8-14)10(2)7-12/h5-7H,4,9H2,1-3H3,(H,15,17). The summed E-state index contributed by atoms with van der Waals surface area (Å²) >= 11 is 0. The highest BCUT2D eigenvalue weighted by Gasteiger charge is 2.07. The van der Waals surface area contributed by atoms with Crippen LogP contribution in [0.15, 0.2) is 18.2 Å². The summed E-state index contributed by atoms with van der Waals surface area (Å²) < 4.78 is 0. The van der Waals surface area contributed by atoms with Gasteiger partial charge in [0.1, 0.15) is 0 Å². The zero-order chi connectivity index (χ0) is 12.8. The van der Waals surface area contributed by atoms with Crippen molar-refractivity contribution in [3.8, 4) is 6.07 Å². The Bertz CT molecular complexity index is 448. The zero-order valence-electron chi connectivity index (χ0n) is 10.4. The van der Waals surface area contributed by atoms with Gasteiger partial charge in [-0.25, -0.2) is 0 Å². The number of anilines is 1. The van der Waals surface area contributed by atoms with Crippen LogP contribution in [0.25, 0.3) is 0 Å². The molecule has 90 valence electrons. The monoisotopic (exact) mass is 231 g/mol. The molecule has 0 radical (unpaired) electrons. The molecule has 1 rings (SSSR count). The molecule has 0 fully saturated rings. The number of rotatable bonds is 4. The van der Waals surface area contributed by atoms with E-state index in [1.807, 2.05) is 37.9 Å². The Hall–Kier alpha value is -2.02. The van der Waals surface area contributed by atoms with Gasteiger partial charge in [-0.1, -0.05) is 0 Å². The van der Waals surface area contributed by atoms with Crippen LogP contribution >= 0.6 is 0 Å². The second-order valence-electron chi connectivity index (χ2n) is 3.92. The number of nitrogens with zero attached hydrogens (tertiary/aromatic N) is 2. The normalized spacial score (nSPS) is 9.53. The summed E-state index contributed by atoms with van der Waals surface area (Å²) in [5.74, 6) is -0.00277. The maximum Gasteiger partial charge on any atom is 0.239 e. The van der Waals surface area contributed by atoms with Crippen LogP contribution in [0.4, 0.5) is 5.69 Å². The maximum atomic E-state index is 11.4. The summed E-state index contributed by atoms with van der Waals surface area (Å²) in [6, 6.07) is 7.67. The van der Waals surface area contributed by atoms with E-state index in [0.29, 0.717) is 18.7 Å². The number of nitriles is 1. The largest absolute Gasteiger partial charge is 0.365 e. The Kier molecular flexibility index (Phi) is 4.53. The third-order valence-electron chi connectivity index (χ3n) is 2.53. The van der Waals surface area contributed by atoms with Gasteiger partial charge in [0.25, 0.3) is 0 Å². The predicted octanol–water partition coefficient (Wildman–Crippen LogP) is 1.44. The lowest BCUT2D eigenvalue weighted by Gasteiger charge is -2.19. The maximum absolute atomic E-state index is 11.4. The SMILES string of the molecule is CCNC(=O)CN(C)c1ccc(C#N)c(C)c1. The fraction of sp³-hybridized carbons (Fsp3) is 0.385. The van der Waals surface area contributed by atoms with Gasteiger partial charge in [0.05, 0.1) is 18.2 Å². The van der Waals surface area contributed by atoms with Crippen molar-refractivity contribution in [2.24, 2.45) is 0 Å². The minimum absolute atomic E-state index is 0.00277. The molecule has 0 saturated heterocycles. The highest BCUT2D eigenvalue weighted by molar-refractivity contribution is 5.81. The second-order valence-corrected chi connectivity index (χ2v) is 3.92. The first kappa shape index (κ1) is 13.0. The van der Waals surface area contributed by atoms with E-state index in [0.717, 1.165) is 11.3 Å². The fourth-order valence-electron chi connectivity index (χ4n) is 1.57. The molecule has 4 heteroatoms. The molecule has 0 bridgehead atoms. The molecule has 1 aromatic rings. The summed E-state index contributed by atoms with van der Waals surface area (Å²) in [6.45, 7) is 4.74. The number of aryl methyl sites for hydroxylation is 1. The minimum atomic E-state index is -0.00277. The van der Waals surface area contributed by atoms with Crippen LogP contribution in [0.5, 0.6) is 0 Å². The number of amides is 1. The summed E-state index contributed by atoms with van der Waals surface area (Å²) in [4.78, 5) is 13.3. The number of benzene rings is 1. The van der Waals surface area contributed by atoms with E-state index in [1.54, 1.807) is 6.07 Å². The Morgan fingerprint density at radius 3 is 2.76 bits per heavy atom. The van der Waals surface area contributed by atoms with Gasteiger partial charge in [0.15, 0.2) is 0 Å². The molecule has 0 aromatic heterocycles. The molecule has 0 saturated carbocycles. The van der Waals surface area contributed by atoms with E-state index in [-0.39, 0.29) is 5.91 Å². The van der Waals surface area contributed by atoms with Crippen LogP contribution in [0.2, 0.25) is 0 Å². The Balaban J connectivity index is 2.76. The number of carbonyl (C=O) groups is 1. The van der Waals surface area contributed by atoms with Crippen LogP contribution in [-0.2, 0) is 4.79 Å². The molecule has 0 aliphatic carbocycles. The van der Waals surface area contributed by atoms with Gasteiger partial charge in [0, 0.05) is 19.3 Å². The first-order valence-corrected chi connectivity index (χ1v) is 5.57. The van der Waals surface area contributed by atoms with Crippen LogP contribution in [0.3, 0.4) is 0 Å². The minimum Gasteiger partial charge on any atom is -0.365 e. The van der Waals surface area contributed by atoms with Gasteiger partial charge >= 0.3 is 0 Å². The van der Waals surface area contributed by atoms with Gasteiger partial charge < -0.3 is 10.2 Å². The molecule has 0 atom stereocenters. The average Bonchev–Trinajstić information content (AvgIpc) is 2.29. The molecule has 4 nitrogen and oxygen atoms in total. The smallest absolute Gasteiger partial charge is 0.239 e. The van der Waals surface area contributed by atoms with Crippen LogP contribution < -0.4 is 10.2 Å². The van der Waals surface area contributed by atoms with E-state index in [2.05, 4.69) is 11.4 Å². The summed E-state index contributed by atoms with van der Waals surface area (Å²) in [5.41, 5.74) is 2.53. The fourth-order valence-corrected chi connectivity index (χ4v) is 1.57. The number of likely N-dealkylation sites (N-methyl/N-ethyl adjacent to an activating group) is 2. The van der Waals surface area contributed by atoms with Crippen molar-refractivity contribution in [1.82, 2.24) is 5.32 Å². The van der Waals surface area contributed by atoms with Gasteiger partial charge in [-0.05, 0) is 37.6 Å². The van der Waals surface area contributed by atoms with Crippen molar-refractivity contribution >= 4 is 11.6 Å². The average molecular weight is 231 g/mol. The molecule has 0 aliphatic heterocycles. The van der Waals surface area contributed by atoms with Gasteiger partial charge in [-0.3, -0.25) is 4.79 Å². The van der Waals surface area contributed by atoms with Crippen molar-refractivity contribution in [3.63, 3.8) is 0 Å². The van der Waals surface area contributed by atoms with E-state index in [9.17, 15) is 4.79 Å². The summed E-state index contributed by atoms with van der Waals surface area (Å²) in [5, 5.41) is 11.6. The molecule has 0 aliphatic rings. The molecule has 0 spiro atoms. The van der Waals surface area contributed by atoms with Gasteiger partial charge in [-0.2, -0.15) is 5.26 Å². The third-order valence-corrected chi connectivity index (χ3v) is 2.53. The van der Waals surface area contributed by atoms with Crippen molar-refractivity contribution < 1.29 is 4.79 Å². The first-order valence-electron chi connectivity index (χ1n) is 5.57. The molecule has 1 aromatic carbocycles. The van der Waals surface area contributed by atoms with Crippen molar-refractivity contribution in [3.05, 3.63) is 29.3 Å². The van der Waals surface area contributed by atoms with Gasteiger partial charge in [0.2, 0.25) is 5.91 Å². The Morgan fingerprint density at radius 1 is 1.53 bits per heavy atom. The number of hydrogen-bond acceptors (Lipinski definition) is 3. The quantitative estimate of drug-likeness (QED) is 0.853. The Morgan fingerprint density at radius 2 is 2.24 bits per heavy atom. The van der Waals surface area contributed by atoms with Gasteiger partial charge in [-0.15, -0.1) is 0 Å². The molecule has 17 heavy (non-hydrogen) atoms. The van der Waals surface area contributed by atoms with Crippen LogP contribution in [-0.4, -0.2) is 26.0 Å². The molecule has 0 heterocycles. The topological polar surface area (TPSA) is 56.1 Å². The number of hydrogen-bond donors (Lipinski definition) is 1. The second kappa shape index (κ2) is 5.90. The highest BCUT2D eigenvalue weighted by atomic mass is 16.1. The third kappa shape index (κ3) is 3.49. The molecule has 0 unspecified atom stereocenters. The van der Waals surface area contributed by atoms with Crippen molar-refractivity contribution in [2.45, 2.75) is 13.8 Å². The highest BCUT2D eigenvalue weighted by Crippen LogP contribution is 2.17. The molecular weight excluding hydrogens is 214 g/mol. The lowest BCUT2D eigenvalue weighted by Crippen LogP contribution is -2.34. The van der Waals surface area contributed by atoms with E-state index < -0.39 is 0 Å². The van der Waals surface area contributed by atoms with E-state index >= 15 is 0 Å². The molecular formula is C13H17N3O. The van der Waals surface area contributed by atoms with Crippen LogP contribution in [0.1, 0.15) is 18.1 Å². The summed E-state index contributed by atoms with van der Waals surface area (Å²) in [7, 11) is 1.86. The van der Waals surface area contributed by atoms with E-state index in [1.165, 1.54) is 0 Å². The van der Waals surface area contributed by atoms with Crippen molar-refractivity contribution in [1.29, 1.82) is 5.26 Å². The number of carbonyl (C=O) groups excluding carboxylic acids is 1. The molecule has 1 N–H and O–H groups in total. The van der Waals surface area contributed by atoms with Crippen molar-refractivity contribution in [2.75, 3.05) is 25.0 Å². The number of nitrogens with one attached hydrogen (secondary N) is 1. The van der Waals surface area contributed by atoms with Crippen LogP contribution in [0, 0.1) is 18.3 Å². The lowest BCUT2D eigenvalue weighted by molar-refractivity contribution is -0.119.